The summed E-state index contributed by atoms with van der Waals surface area (Å²) in [6, 6.07) is 0. The zero-order valence-electron chi connectivity index (χ0n) is 17.6. The van der Waals surface area contributed by atoms with Gasteiger partial charge in [-0.15, -0.1) is 0 Å². The lowest BCUT2D eigenvalue weighted by Gasteiger charge is -2.08. The van der Waals surface area contributed by atoms with Gasteiger partial charge in [-0.3, -0.25) is 4.79 Å². The molecule has 0 fully saturated rings. The predicted molar refractivity (Wildman–Crippen MR) is 106 cm³/mol. The van der Waals surface area contributed by atoms with E-state index in [4.69, 9.17) is 18.9 Å². The maximum Gasteiger partial charge on any atom is 0.158 e. The molecule has 0 aliphatic heterocycles. The third-order valence-electron chi connectivity index (χ3n) is 3.94. The molecule has 0 heterocycles. The first kappa shape index (κ1) is 25.5. The number of carbonyl (C=O) groups is 1. The molecular weight excluding hydrogens is 332 g/mol. The molecule has 0 N–H and O–H groups in total. The number of ether oxygens (including phenoxy) is 4. The van der Waals surface area contributed by atoms with E-state index in [1.54, 1.807) is 0 Å². The first-order valence-corrected chi connectivity index (χ1v) is 10.3. The van der Waals surface area contributed by atoms with Crippen molar-refractivity contribution in [1.82, 2.24) is 0 Å². The summed E-state index contributed by atoms with van der Waals surface area (Å²) < 4.78 is 21.7. The fraction of sp³-hybridized carbons (Fsp3) is 0.952. The summed E-state index contributed by atoms with van der Waals surface area (Å²) in [5.41, 5.74) is 0. The Hall–Kier alpha value is -0.490. The van der Waals surface area contributed by atoms with E-state index in [1.165, 1.54) is 12.8 Å². The highest BCUT2D eigenvalue weighted by Gasteiger charge is 2.03. The average molecular weight is 375 g/mol. The molecule has 0 saturated carbocycles. The van der Waals surface area contributed by atoms with Crippen LogP contribution in [0.3, 0.4) is 0 Å². The number of rotatable bonds is 20. The normalized spacial score (nSPS) is 11.6. The van der Waals surface area contributed by atoms with Gasteiger partial charge in [-0.25, -0.2) is 0 Å². The molecule has 0 aliphatic rings. The number of hydrogen-bond acceptors (Lipinski definition) is 5. The van der Waals surface area contributed by atoms with Gasteiger partial charge in [0.05, 0.1) is 39.6 Å². The van der Waals surface area contributed by atoms with Crippen molar-refractivity contribution in [2.24, 2.45) is 11.8 Å². The molecular formula is C21H42O5. The zero-order chi connectivity index (χ0) is 19.5. The van der Waals surface area contributed by atoms with Crippen LogP contribution >= 0.6 is 0 Å². The molecule has 0 aromatic rings. The van der Waals surface area contributed by atoms with E-state index in [0.29, 0.717) is 52.0 Å². The number of Topliss-reactive ketones (excluding diaryl/α,β-unsaturated/α-hetero) is 1. The van der Waals surface area contributed by atoms with Gasteiger partial charge in [0.1, 0.15) is 6.61 Å². The highest BCUT2D eigenvalue weighted by molar-refractivity contribution is 5.79. The molecule has 5 heteroatoms. The van der Waals surface area contributed by atoms with Crippen LogP contribution in [0.1, 0.15) is 66.2 Å². The first-order chi connectivity index (χ1) is 12.5. The summed E-state index contributed by atoms with van der Waals surface area (Å²) in [4.78, 5) is 11.6. The van der Waals surface area contributed by atoms with Gasteiger partial charge in [0.25, 0.3) is 0 Å². The molecule has 0 rings (SSSR count). The van der Waals surface area contributed by atoms with E-state index in [-0.39, 0.29) is 12.4 Å². The summed E-state index contributed by atoms with van der Waals surface area (Å²) >= 11 is 0. The monoisotopic (exact) mass is 374 g/mol. The van der Waals surface area contributed by atoms with Crippen LogP contribution in [-0.2, 0) is 23.7 Å². The second-order valence-corrected chi connectivity index (χ2v) is 7.60. The third-order valence-corrected chi connectivity index (χ3v) is 3.94. The molecule has 0 amide bonds. The highest BCUT2D eigenvalue weighted by atomic mass is 16.6. The van der Waals surface area contributed by atoms with Gasteiger partial charge in [-0.1, -0.05) is 40.5 Å². The maximum absolute atomic E-state index is 11.6. The predicted octanol–water partition coefficient (Wildman–Crippen LogP) is 4.27. The molecule has 0 aliphatic carbocycles. The Morgan fingerprint density at radius 3 is 1.62 bits per heavy atom. The maximum atomic E-state index is 11.6. The van der Waals surface area contributed by atoms with Crippen molar-refractivity contribution in [2.45, 2.75) is 66.2 Å². The zero-order valence-corrected chi connectivity index (χ0v) is 17.6. The van der Waals surface area contributed by atoms with Crippen LogP contribution in [-0.4, -0.2) is 58.6 Å². The highest BCUT2D eigenvalue weighted by Crippen LogP contribution is 2.08. The molecule has 0 radical (unpaired) electrons. The number of carbonyl (C=O) groups excluding carboxylic acids is 1. The van der Waals surface area contributed by atoms with Crippen LogP contribution in [0.4, 0.5) is 0 Å². The van der Waals surface area contributed by atoms with E-state index >= 15 is 0 Å². The Bertz CT molecular complexity index is 305. The topological polar surface area (TPSA) is 54.0 Å². The summed E-state index contributed by atoms with van der Waals surface area (Å²) in [7, 11) is 0. The largest absolute Gasteiger partial charge is 0.379 e. The lowest BCUT2D eigenvalue weighted by Crippen LogP contribution is -2.14. The minimum atomic E-state index is 0.186. The summed E-state index contributed by atoms with van der Waals surface area (Å²) in [5.74, 6) is 1.64. The fourth-order valence-corrected chi connectivity index (χ4v) is 2.39. The number of hydrogen-bond donors (Lipinski definition) is 0. The minimum Gasteiger partial charge on any atom is -0.379 e. The minimum absolute atomic E-state index is 0.186. The van der Waals surface area contributed by atoms with Crippen molar-refractivity contribution in [3.63, 3.8) is 0 Å². The second kappa shape index (κ2) is 19.3. The quantitative estimate of drug-likeness (QED) is 0.298. The molecule has 0 bridgehead atoms. The smallest absolute Gasteiger partial charge is 0.158 e. The van der Waals surface area contributed by atoms with E-state index in [1.807, 2.05) is 0 Å². The van der Waals surface area contributed by atoms with Gasteiger partial charge < -0.3 is 18.9 Å². The Morgan fingerprint density at radius 1 is 0.615 bits per heavy atom. The van der Waals surface area contributed by atoms with Crippen LogP contribution in [0.25, 0.3) is 0 Å². The number of unbranched alkanes of at least 4 members (excludes halogenated alkanes) is 1. The summed E-state index contributed by atoms with van der Waals surface area (Å²) in [5, 5.41) is 0. The van der Waals surface area contributed by atoms with Gasteiger partial charge in [0.15, 0.2) is 5.78 Å². The van der Waals surface area contributed by atoms with Gasteiger partial charge in [0, 0.05) is 13.0 Å². The first-order valence-electron chi connectivity index (χ1n) is 10.3. The van der Waals surface area contributed by atoms with Crippen LogP contribution in [0, 0.1) is 11.8 Å². The third kappa shape index (κ3) is 21.6. The van der Waals surface area contributed by atoms with E-state index in [0.717, 1.165) is 31.8 Å². The average Bonchev–Trinajstić information content (AvgIpc) is 2.58. The Morgan fingerprint density at radius 2 is 1.08 bits per heavy atom. The van der Waals surface area contributed by atoms with Crippen molar-refractivity contribution in [1.29, 1.82) is 0 Å². The molecule has 0 unspecified atom stereocenters. The Labute approximate surface area is 161 Å². The lowest BCUT2D eigenvalue weighted by atomic mass is 10.0. The fourth-order valence-electron chi connectivity index (χ4n) is 2.39. The molecule has 0 aromatic heterocycles. The molecule has 26 heavy (non-hydrogen) atoms. The van der Waals surface area contributed by atoms with Gasteiger partial charge in [0.2, 0.25) is 0 Å². The molecule has 0 saturated heterocycles. The van der Waals surface area contributed by atoms with E-state index in [2.05, 4.69) is 27.7 Å². The van der Waals surface area contributed by atoms with Crippen molar-refractivity contribution in [2.75, 3.05) is 52.9 Å². The van der Waals surface area contributed by atoms with Crippen molar-refractivity contribution in [3.05, 3.63) is 0 Å². The Balaban J connectivity index is 3.14. The van der Waals surface area contributed by atoms with Gasteiger partial charge in [-0.05, 0) is 31.1 Å². The van der Waals surface area contributed by atoms with E-state index in [9.17, 15) is 4.79 Å². The van der Waals surface area contributed by atoms with Crippen LogP contribution in [0.2, 0.25) is 0 Å². The Kier molecular flexibility index (Phi) is 18.9. The van der Waals surface area contributed by atoms with Gasteiger partial charge >= 0.3 is 0 Å². The molecule has 0 atom stereocenters. The SMILES string of the molecule is CC(C)CCCCC(=O)COCCOCCOCCOCCCC(C)C. The molecule has 5 nitrogen and oxygen atoms in total. The van der Waals surface area contributed by atoms with Crippen LogP contribution in [0.5, 0.6) is 0 Å². The van der Waals surface area contributed by atoms with Gasteiger partial charge in [-0.2, -0.15) is 0 Å². The van der Waals surface area contributed by atoms with Crippen molar-refractivity contribution < 1.29 is 23.7 Å². The molecule has 0 spiro atoms. The molecule has 156 valence electrons. The summed E-state index contributed by atoms with van der Waals surface area (Å²) in [6.07, 6.45) is 6.22. The molecule has 0 aromatic carbocycles. The van der Waals surface area contributed by atoms with Crippen LogP contribution < -0.4 is 0 Å². The van der Waals surface area contributed by atoms with Crippen molar-refractivity contribution >= 4 is 5.78 Å². The standard InChI is InChI=1S/C21H42O5/c1-19(2)8-5-6-10-21(22)18-26-17-16-25-15-14-24-13-12-23-11-7-9-20(3)4/h19-20H,5-18H2,1-4H3. The second-order valence-electron chi connectivity index (χ2n) is 7.60. The number of ketones is 1. The van der Waals surface area contributed by atoms with E-state index < -0.39 is 0 Å². The lowest BCUT2D eigenvalue weighted by molar-refractivity contribution is -0.124. The summed E-state index contributed by atoms with van der Waals surface area (Å²) in [6.45, 7) is 13.2. The van der Waals surface area contributed by atoms with Crippen LogP contribution in [0.15, 0.2) is 0 Å². The van der Waals surface area contributed by atoms with Crippen molar-refractivity contribution in [3.8, 4) is 0 Å².